The van der Waals surface area contributed by atoms with Gasteiger partial charge >= 0.3 is 0 Å². The van der Waals surface area contributed by atoms with Crippen LogP contribution in [0.25, 0.3) is 11.1 Å². The molecular weight excluding hydrogens is 562 g/mol. The molecule has 2 N–H and O–H groups in total. The van der Waals surface area contributed by atoms with Gasteiger partial charge in [0.25, 0.3) is 5.91 Å². The average Bonchev–Trinajstić information content (AvgIpc) is 3.20. The van der Waals surface area contributed by atoms with Crippen molar-refractivity contribution in [1.82, 2.24) is 20.2 Å². The van der Waals surface area contributed by atoms with Crippen LogP contribution in [0.5, 0.6) is 11.5 Å². The molecule has 0 saturated heterocycles. The number of fused-ring (bicyclic) bond motifs is 1. The zero-order valence-corrected chi connectivity index (χ0v) is 24.8. The maximum absolute atomic E-state index is 13.6. The first-order valence-electron chi connectivity index (χ1n) is 12.5. The lowest BCUT2D eigenvalue weighted by molar-refractivity contribution is 0.0949. The molecule has 206 valence electrons. The van der Waals surface area contributed by atoms with Crippen LogP contribution in [0.1, 0.15) is 65.4 Å². The van der Waals surface area contributed by atoms with E-state index in [0.717, 1.165) is 28.0 Å². The van der Waals surface area contributed by atoms with Crippen LogP contribution in [0, 0.1) is 5.41 Å². The molecule has 0 atom stereocenters. The minimum Gasteiger partial charge on any atom is -0.496 e. The van der Waals surface area contributed by atoms with Gasteiger partial charge in [-0.25, -0.2) is 4.98 Å². The smallest absolute Gasteiger partial charge is 0.273 e. The van der Waals surface area contributed by atoms with Crippen molar-refractivity contribution >= 4 is 34.5 Å². The van der Waals surface area contributed by atoms with Crippen LogP contribution in [0.2, 0.25) is 0 Å². The van der Waals surface area contributed by atoms with Gasteiger partial charge in [0, 0.05) is 48.2 Å². The Bertz CT molecular complexity index is 1400. The molecule has 1 aliphatic rings. The first-order valence-corrected chi connectivity index (χ1v) is 12.5. The van der Waals surface area contributed by atoms with E-state index in [1.54, 1.807) is 30.5 Å². The van der Waals surface area contributed by atoms with Crippen molar-refractivity contribution in [2.24, 2.45) is 0 Å². The van der Waals surface area contributed by atoms with Crippen molar-refractivity contribution in [3.05, 3.63) is 70.8 Å². The van der Waals surface area contributed by atoms with Crippen molar-refractivity contribution in [1.29, 1.82) is 5.41 Å². The number of rotatable bonds is 8. The summed E-state index contributed by atoms with van der Waals surface area (Å²) in [5, 5.41) is 11.3. The van der Waals surface area contributed by atoms with Crippen molar-refractivity contribution in [3.63, 3.8) is 0 Å². The number of nitrogens with zero attached hydrogens (tertiary/aromatic N) is 3. The number of nitrogens with one attached hydrogen (secondary N) is 2. The van der Waals surface area contributed by atoms with Crippen LogP contribution in [0.3, 0.4) is 0 Å². The van der Waals surface area contributed by atoms with Crippen molar-refractivity contribution in [2.75, 3.05) is 27.3 Å². The zero-order valence-electron chi connectivity index (χ0n) is 23.0. The SMILES string of the molecule is Br.CCOc1cc2c(nc1C(=O)NC)C(=N)N(CC(=O)c1cc(-c3ccncc3)c(OC)c(C(C)(C)C)c1)C2. The van der Waals surface area contributed by atoms with Crippen LogP contribution >= 0.6 is 17.0 Å². The van der Waals surface area contributed by atoms with Crippen LogP contribution < -0.4 is 14.8 Å². The normalized spacial score (nSPS) is 12.5. The fourth-order valence-electron chi connectivity index (χ4n) is 4.55. The minimum absolute atomic E-state index is 0. The summed E-state index contributed by atoms with van der Waals surface area (Å²) in [6, 6.07) is 9.23. The lowest BCUT2D eigenvalue weighted by Crippen LogP contribution is -2.31. The molecule has 0 bridgehead atoms. The lowest BCUT2D eigenvalue weighted by Gasteiger charge is -2.25. The number of benzene rings is 1. The van der Waals surface area contributed by atoms with Gasteiger partial charge in [0.05, 0.1) is 20.3 Å². The Morgan fingerprint density at radius 1 is 1.15 bits per heavy atom. The molecule has 1 amide bonds. The maximum atomic E-state index is 13.6. The van der Waals surface area contributed by atoms with Gasteiger partial charge in [0.15, 0.2) is 17.2 Å². The highest BCUT2D eigenvalue weighted by molar-refractivity contribution is 8.93. The molecule has 0 aliphatic carbocycles. The lowest BCUT2D eigenvalue weighted by atomic mass is 9.82. The Morgan fingerprint density at radius 2 is 1.85 bits per heavy atom. The average molecular weight is 597 g/mol. The number of hydrogen-bond donors (Lipinski definition) is 2. The van der Waals surface area contributed by atoms with Crippen molar-refractivity contribution in [2.45, 2.75) is 39.7 Å². The molecule has 3 aromatic rings. The summed E-state index contributed by atoms with van der Waals surface area (Å²) >= 11 is 0. The fourth-order valence-corrected chi connectivity index (χ4v) is 4.55. The van der Waals surface area contributed by atoms with Crippen LogP contribution in [-0.4, -0.2) is 59.7 Å². The highest BCUT2D eigenvalue weighted by atomic mass is 79.9. The molecule has 3 heterocycles. The second kappa shape index (κ2) is 11.9. The van der Waals surface area contributed by atoms with E-state index in [4.69, 9.17) is 14.9 Å². The molecule has 2 aromatic heterocycles. The number of halogens is 1. The van der Waals surface area contributed by atoms with Crippen molar-refractivity contribution in [3.8, 4) is 22.6 Å². The molecule has 0 unspecified atom stereocenters. The standard InChI is InChI=1S/C29H33N5O4.BrH/c1-7-38-23-14-19-15-34(27(30)24(19)33-25(23)28(36)31-5)16-22(35)18-12-20(17-8-10-32-11-9-17)26(37-6)21(13-18)29(2,3)4;/h8-14,30H,7,15-16H2,1-6H3,(H,31,36);1H. The summed E-state index contributed by atoms with van der Waals surface area (Å²) in [5.41, 5.74) is 4.10. The number of methoxy groups -OCH3 is 1. The first kappa shape index (κ1) is 29.8. The predicted octanol–water partition coefficient (Wildman–Crippen LogP) is 4.81. The summed E-state index contributed by atoms with van der Waals surface area (Å²) in [6.45, 7) is 8.74. The number of amidine groups is 1. The molecular formula is C29H34BrN5O4. The van der Waals surface area contributed by atoms with Gasteiger partial charge in [0.2, 0.25) is 0 Å². The van der Waals surface area contributed by atoms with Crippen LogP contribution in [-0.2, 0) is 12.0 Å². The molecule has 0 fully saturated rings. The third-order valence-electron chi connectivity index (χ3n) is 6.46. The maximum Gasteiger partial charge on any atom is 0.273 e. The number of aromatic nitrogens is 2. The van der Waals surface area contributed by atoms with Gasteiger partial charge in [-0.3, -0.25) is 20.0 Å². The fraction of sp³-hybridized carbons (Fsp3) is 0.345. The number of pyridine rings is 2. The van der Waals surface area contributed by atoms with E-state index in [-0.39, 0.29) is 46.3 Å². The van der Waals surface area contributed by atoms with E-state index in [0.29, 0.717) is 30.2 Å². The van der Waals surface area contributed by atoms with E-state index in [1.165, 1.54) is 7.05 Å². The molecule has 39 heavy (non-hydrogen) atoms. The van der Waals surface area contributed by atoms with Gasteiger partial charge in [-0.05, 0) is 48.2 Å². The van der Waals surface area contributed by atoms with Crippen molar-refractivity contribution < 1.29 is 19.1 Å². The number of Topliss-reactive ketones (excluding diaryl/α,β-unsaturated/α-hetero) is 1. The molecule has 0 radical (unpaired) electrons. The number of ketones is 1. The largest absolute Gasteiger partial charge is 0.496 e. The first-order chi connectivity index (χ1) is 18.1. The molecule has 9 nitrogen and oxygen atoms in total. The summed E-state index contributed by atoms with van der Waals surface area (Å²) in [4.78, 5) is 36.2. The number of carbonyl (C=O) groups is 2. The Hall–Kier alpha value is -3.79. The van der Waals surface area contributed by atoms with Gasteiger partial charge in [0.1, 0.15) is 17.3 Å². The van der Waals surface area contributed by atoms with Gasteiger partial charge < -0.3 is 19.7 Å². The molecule has 10 heteroatoms. The second-order valence-electron chi connectivity index (χ2n) is 10.1. The Labute approximate surface area is 239 Å². The van der Waals surface area contributed by atoms with Crippen LogP contribution in [0.15, 0.2) is 42.7 Å². The van der Waals surface area contributed by atoms with E-state index in [9.17, 15) is 9.59 Å². The molecule has 1 aliphatic heterocycles. The highest BCUT2D eigenvalue weighted by Gasteiger charge is 2.32. The molecule has 1 aromatic carbocycles. The summed E-state index contributed by atoms with van der Waals surface area (Å²) in [5.74, 6) is 0.646. The summed E-state index contributed by atoms with van der Waals surface area (Å²) < 4.78 is 11.5. The Balaban J connectivity index is 0.00000420. The number of amides is 1. The third-order valence-corrected chi connectivity index (χ3v) is 6.46. The number of ether oxygens (including phenoxy) is 2. The summed E-state index contributed by atoms with van der Waals surface area (Å²) in [7, 11) is 3.15. The third kappa shape index (κ3) is 5.95. The van der Waals surface area contributed by atoms with E-state index >= 15 is 0 Å². The summed E-state index contributed by atoms with van der Waals surface area (Å²) in [6.07, 6.45) is 3.42. The predicted molar refractivity (Wildman–Crippen MR) is 156 cm³/mol. The van der Waals surface area contributed by atoms with Gasteiger partial charge in [-0.1, -0.05) is 20.8 Å². The molecule has 4 rings (SSSR count). The second-order valence-corrected chi connectivity index (χ2v) is 10.1. The quantitative estimate of drug-likeness (QED) is 0.359. The van der Waals surface area contributed by atoms with Crippen LogP contribution in [0.4, 0.5) is 0 Å². The van der Waals surface area contributed by atoms with E-state index < -0.39 is 5.91 Å². The van der Waals surface area contributed by atoms with E-state index in [1.807, 2.05) is 31.2 Å². The number of carbonyl (C=O) groups excluding carboxylic acids is 2. The highest BCUT2D eigenvalue weighted by Crippen LogP contribution is 2.40. The van der Waals surface area contributed by atoms with E-state index in [2.05, 4.69) is 36.1 Å². The number of hydrogen-bond acceptors (Lipinski definition) is 7. The van der Waals surface area contributed by atoms with Gasteiger partial charge in [-0.2, -0.15) is 0 Å². The molecule has 0 saturated carbocycles. The topological polar surface area (TPSA) is 118 Å². The molecule has 0 spiro atoms. The zero-order chi connectivity index (χ0) is 27.6. The minimum atomic E-state index is -0.393. The van der Waals surface area contributed by atoms with Gasteiger partial charge in [-0.15, -0.1) is 17.0 Å². The Morgan fingerprint density at radius 3 is 2.44 bits per heavy atom. The Kier molecular flexibility index (Phi) is 9.11. The monoisotopic (exact) mass is 595 g/mol.